The lowest BCUT2D eigenvalue weighted by molar-refractivity contribution is 0.870. The van der Waals surface area contributed by atoms with Crippen molar-refractivity contribution < 1.29 is 0 Å². The van der Waals surface area contributed by atoms with Crippen molar-refractivity contribution in [1.29, 1.82) is 5.26 Å². The number of aromatic nitrogens is 2. The molecule has 3 rings (SSSR count). The van der Waals surface area contributed by atoms with Crippen LogP contribution in [0, 0.1) is 11.3 Å². The van der Waals surface area contributed by atoms with Crippen LogP contribution >= 0.6 is 11.6 Å². The van der Waals surface area contributed by atoms with E-state index in [-0.39, 0.29) is 0 Å². The third-order valence-corrected chi connectivity index (χ3v) is 3.18. The van der Waals surface area contributed by atoms with Gasteiger partial charge in [0.25, 0.3) is 0 Å². The molecule has 2 aromatic carbocycles. The molecule has 0 radical (unpaired) electrons. The molecule has 1 heterocycles. The van der Waals surface area contributed by atoms with E-state index in [9.17, 15) is 5.26 Å². The van der Waals surface area contributed by atoms with Gasteiger partial charge in [0.2, 0.25) is 0 Å². The number of rotatable bonds is 2. The van der Waals surface area contributed by atoms with Crippen LogP contribution in [0.4, 0.5) is 0 Å². The van der Waals surface area contributed by atoms with Crippen LogP contribution in [0.1, 0.15) is 5.69 Å². The first-order chi connectivity index (χ1) is 9.78. The van der Waals surface area contributed by atoms with Crippen molar-refractivity contribution >= 4 is 11.6 Å². The molecule has 0 saturated carbocycles. The molecule has 3 aromatic rings. The van der Waals surface area contributed by atoms with E-state index >= 15 is 0 Å². The molecule has 0 fully saturated rings. The SMILES string of the molecule is N#Cc1cc(-c2cccc(Cl)c2)nn1-c1ccccc1. The molecule has 0 atom stereocenters. The molecule has 20 heavy (non-hydrogen) atoms. The summed E-state index contributed by atoms with van der Waals surface area (Å²) in [4.78, 5) is 0. The van der Waals surface area contributed by atoms with Gasteiger partial charge in [0, 0.05) is 16.7 Å². The van der Waals surface area contributed by atoms with Crippen molar-refractivity contribution in [3.05, 3.63) is 71.4 Å². The summed E-state index contributed by atoms with van der Waals surface area (Å²) in [5.74, 6) is 0. The molecule has 0 unspecified atom stereocenters. The van der Waals surface area contributed by atoms with E-state index in [1.165, 1.54) is 0 Å². The summed E-state index contributed by atoms with van der Waals surface area (Å²) >= 11 is 5.99. The fraction of sp³-hybridized carbons (Fsp3) is 0. The van der Waals surface area contributed by atoms with Crippen molar-refractivity contribution in [3.63, 3.8) is 0 Å². The summed E-state index contributed by atoms with van der Waals surface area (Å²) in [6.07, 6.45) is 0. The van der Waals surface area contributed by atoms with Crippen molar-refractivity contribution in [2.75, 3.05) is 0 Å². The van der Waals surface area contributed by atoms with Crippen LogP contribution in [0.25, 0.3) is 16.9 Å². The number of para-hydroxylation sites is 1. The molecule has 0 bridgehead atoms. The van der Waals surface area contributed by atoms with E-state index in [0.717, 1.165) is 16.9 Å². The predicted molar refractivity (Wildman–Crippen MR) is 78.7 cm³/mol. The second kappa shape index (κ2) is 5.20. The maximum atomic E-state index is 9.26. The number of hydrogen-bond acceptors (Lipinski definition) is 2. The molecule has 0 aliphatic heterocycles. The lowest BCUT2D eigenvalue weighted by Gasteiger charge is -2.01. The van der Waals surface area contributed by atoms with E-state index in [2.05, 4.69) is 11.2 Å². The van der Waals surface area contributed by atoms with Gasteiger partial charge in [0.05, 0.1) is 11.4 Å². The van der Waals surface area contributed by atoms with E-state index in [4.69, 9.17) is 11.6 Å². The summed E-state index contributed by atoms with van der Waals surface area (Å²) in [5, 5.41) is 14.4. The Hall–Kier alpha value is -2.57. The highest BCUT2D eigenvalue weighted by atomic mass is 35.5. The summed E-state index contributed by atoms with van der Waals surface area (Å²) in [6.45, 7) is 0. The number of nitriles is 1. The fourth-order valence-corrected chi connectivity index (χ4v) is 2.21. The summed E-state index contributed by atoms with van der Waals surface area (Å²) in [7, 11) is 0. The van der Waals surface area contributed by atoms with Crippen LogP contribution < -0.4 is 0 Å². The third-order valence-electron chi connectivity index (χ3n) is 2.95. The number of benzene rings is 2. The van der Waals surface area contributed by atoms with Crippen molar-refractivity contribution in [2.45, 2.75) is 0 Å². The second-order valence-corrected chi connectivity index (χ2v) is 4.72. The number of nitrogens with zero attached hydrogens (tertiary/aromatic N) is 3. The zero-order valence-electron chi connectivity index (χ0n) is 10.5. The van der Waals surface area contributed by atoms with Crippen LogP contribution in [-0.2, 0) is 0 Å². The molecule has 0 spiro atoms. The van der Waals surface area contributed by atoms with E-state index < -0.39 is 0 Å². The zero-order valence-corrected chi connectivity index (χ0v) is 11.2. The highest BCUT2D eigenvalue weighted by molar-refractivity contribution is 6.30. The minimum atomic E-state index is 0.492. The Morgan fingerprint density at radius 3 is 2.50 bits per heavy atom. The average molecular weight is 280 g/mol. The zero-order chi connectivity index (χ0) is 13.9. The van der Waals surface area contributed by atoms with Gasteiger partial charge in [0.1, 0.15) is 11.8 Å². The van der Waals surface area contributed by atoms with Crippen molar-refractivity contribution in [3.8, 4) is 23.0 Å². The molecule has 1 aromatic heterocycles. The lowest BCUT2D eigenvalue weighted by Crippen LogP contribution is -1.98. The molecule has 4 heteroatoms. The third kappa shape index (κ3) is 2.29. The smallest absolute Gasteiger partial charge is 0.144 e. The summed E-state index contributed by atoms with van der Waals surface area (Å²) in [6, 6.07) is 20.9. The van der Waals surface area contributed by atoms with Gasteiger partial charge in [-0.2, -0.15) is 10.4 Å². The number of halogens is 1. The van der Waals surface area contributed by atoms with Crippen LogP contribution in [-0.4, -0.2) is 9.78 Å². The molecule has 96 valence electrons. The Balaban J connectivity index is 2.13. The average Bonchev–Trinajstić information content (AvgIpc) is 2.92. The normalized spacial score (nSPS) is 10.2. The first-order valence-electron chi connectivity index (χ1n) is 6.09. The lowest BCUT2D eigenvalue weighted by atomic mass is 10.1. The van der Waals surface area contributed by atoms with E-state index in [1.54, 1.807) is 10.7 Å². The van der Waals surface area contributed by atoms with E-state index in [1.807, 2.05) is 54.6 Å². The number of hydrogen-bond donors (Lipinski definition) is 0. The first kappa shape index (κ1) is 12.5. The van der Waals surface area contributed by atoms with Crippen molar-refractivity contribution in [2.24, 2.45) is 0 Å². The quantitative estimate of drug-likeness (QED) is 0.710. The minimum Gasteiger partial charge on any atom is -0.222 e. The molecule has 0 saturated heterocycles. The van der Waals surface area contributed by atoms with Gasteiger partial charge in [-0.05, 0) is 24.3 Å². The van der Waals surface area contributed by atoms with Gasteiger partial charge in [0.15, 0.2) is 0 Å². The summed E-state index contributed by atoms with van der Waals surface area (Å²) in [5.41, 5.74) is 2.97. The maximum Gasteiger partial charge on any atom is 0.144 e. The van der Waals surface area contributed by atoms with Gasteiger partial charge >= 0.3 is 0 Å². The first-order valence-corrected chi connectivity index (χ1v) is 6.47. The van der Waals surface area contributed by atoms with Crippen LogP contribution in [0.15, 0.2) is 60.7 Å². The summed E-state index contributed by atoms with van der Waals surface area (Å²) < 4.78 is 1.64. The predicted octanol–water partition coefficient (Wildman–Crippen LogP) is 4.06. The molecular formula is C16H10ClN3. The van der Waals surface area contributed by atoms with Crippen LogP contribution in [0.2, 0.25) is 5.02 Å². The molecule has 0 amide bonds. The monoisotopic (exact) mass is 279 g/mol. The topological polar surface area (TPSA) is 41.6 Å². The van der Waals surface area contributed by atoms with Gasteiger partial charge in [-0.15, -0.1) is 0 Å². The highest BCUT2D eigenvalue weighted by Crippen LogP contribution is 2.23. The Bertz CT molecular complexity index is 785. The van der Waals surface area contributed by atoms with Crippen molar-refractivity contribution in [1.82, 2.24) is 9.78 Å². The Morgan fingerprint density at radius 1 is 1.00 bits per heavy atom. The van der Waals surface area contributed by atoms with Gasteiger partial charge in [-0.25, -0.2) is 4.68 Å². The molecular weight excluding hydrogens is 270 g/mol. The van der Waals surface area contributed by atoms with Gasteiger partial charge < -0.3 is 0 Å². The highest BCUT2D eigenvalue weighted by Gasteiger charge is 2.10. The maximum absolute atomic E-state index is 9.26. The Labute approximate surface area is 121 Å². The van der Waals surface area contributed by atoms with Crippen LogP contribution in [0.5, 0.6) is 0 Å². The minimum absolute atomic E-state index is 0.492. The standard InChI is InChI=1S/C16H10ClN3/c17-13-6-4-5-12(9-13)16-10-15(11-18)20(19-16)14-7-2-1-3-8-14/h1-10H. The van der Waals surface area contributed by atoms with Crippen LogP contribution in [0.3, 0.4) is 0 Å². The van der Waals surface area contributed by atoms with Gasteiger partial charge in [-0.1, -0.05) is 41.9 Å². The Morgan fingerprint density at radius 2 is 1.80 bits per heavy atom. The molecule has 0 aliphatic carbocycles. The molecule has 3 nitrogen and oxygen atoms in total. The molecule has 0 N–H and O–H groups in total. The largest absolute Gasteiger partial charge is 0.222 e. The van der Waals surface area contributed by atoms with E-state index in [0.29, 0.717) is 10.7 Å². The van der Waals surface area contributed by atoms with Gasteiger partial charge in [-0.3, -0.25) is 0 Å². The fourth-order valence-electron chi connectivity index (χ4n) is 2.02. The Kier molecular flexibility index (Phi) is 3.24. The second-order valence-electron chi connectivity index (χ2n) is 4.28. The molecule has 0 aliphatic rings.